The number of rotatable bonds is 4. The number of hydrogen-bond donors (Lipinski definition) is 0. The molecule has 0 amide bonds. The molecular formula is C48H31N3. The molecule has 51 heavy (non-hydrogen) atoms. The van der Waals surface area contributed by atoms with E-state index in [0.29, 0.717) is 0 Å². The molecule has 0 saturated heterocycles. The monoisotopic (exact) mass is 649 g/mol. The Morgan fingerprint density at radius 1 is 0.275 bits per heavy atom. The van der Waals surface area contributed by atoms with Crippen molar-refractivity contribution in [3.8, 4) is 28.2 Å². The van der Waals surface area contributed by atoms with Crippen molar-refractivity contribution in [3.05, 3.63) is 188 Å². The van der Waals surface area contributed by atoms with Gasteiger partial charge in [-0.2, -0.15) is 0 Å². The molecule has 0 atom stereocenters. The average Bonchev–Trinajstić information content (AvgIpc) is 3.84. The van der Waals surface area contributed by atoms with Gasteiger partial charge in [0.25, 0.3) is 0 Å². The standard InChI is InChI=1S/C48H31N3/c1-3-15-33(16-4-1)50-44-25-13-9-21-38(44)41-31-40(47-46(48(41)50)39-22-10-14-26-45(39)51(47)34-17-5-2-6-18-34)32-27-29-35(30-28-32)49-42-23-11-7-19-36(42)37-20-8-12-24-43(37)49/h1-31H. The Balaban J connectivity index is 1.27. The molecule has 3 heteroatoms. The van der Waals surface area contributed by atoms with Crippen molar-refractivity contribution in [3.63, 3.8) is 0 Å². The number of para-hydroxylation sites is 6. The van der Waals surface area contributed by atoms with Crippen LogP contribution in [0.15, 0.2) is 188 Å². The Bertz CT molecular complexity index is 3050. The first-order chi connectivity index (χ1) is 25.3. The number of fused-ring (bicyclic) bond motifs is 10. The lowest BCUT2D eigenvalue weighted by Crippen LogP contribution is -1.97. The predicted octanol–water partition coefficient (Wildman–Crippen LogP) is 12.6. The summed E-state index contributed by atoms with van der Waals surface area (Å²) in [6.07, 6.45) is 0. The number of nitrogens with zero attached hydrogens (tertiary/aromatic N) is 3. The average molecular weight is 650 g/mol. The minimum atomic E-state index is 1.15. The Kier molecular flexibility index (Phi) is 5.96. The molecule has 0 saturated carbocycles. The number of aromatic nitrogens is 3. The van der Waals surface area contributed by atoms with Gasteiger partial charge in [0.15, 0.2) is 0 Å². The predicted molar refractivity (Wildman–Crippen MR) is 215 cm³/mol. The molecule has 3 heterocycles. The fourth-order valence-electron chi connectivity index (χ4n) is 8.51. The van der Waals surface area contributed by atoms with Gasteiger partial charge >= 0.3 is 0 Å². The van der Waals surface area contributed by atoms with Crippen LogP contribution in [0.2, 0.25) is 0 Å². The van der Waals surface area contributed by atoms with Gasteiger partial charge in [0, 0.05) is 54.9 Å². The van der Waals surface area contributed by atoms with Crippen LogP contribution < -0.4 is 0 Å². The van der Waals surface area contributed by atoms with Crippen LogP contribution >= 0.6 is 0 Å². The van der Waals surface area contributed by atoms with Crippen LogP contribution in [-0.4, -0.2) is 13.7 Å². The molecule has 0 fully saturated rings. The summed E-state index contributed by atoms with van der Waals surface area (Å²) >= 11 is 0. The summed E-state index contributed by atoms with van der Waals surface area (Å²) in [4.78, 5) is 0. The summed E-state index contributed by atoms with van der Waals surface area (Å²) in [6, 6.07) is 68.4. The maximum absolute atomic E-state index is 2.47. The Labute approximate surface area is 294 Å². The normalized spacial score (nSPS) is 11.9. The maximum atomic E-state index is 2.47. The maximum Gasteiger partial charge on any atom is 0.0641 e. The fraction of sp³-hybridized carbons (Fsp3) is 0. The van der Waals surface area contributed by atoms with Gasteiger partial charge in [0.1, 0.15) is 0 Å². The molecule has 0 aliphatic carbocycles. The summed E-state index contributed by atoms with van der Waals surface area (Å²) in [7, 11) is 0. The van der Waals surface area contributed by atoms with Crippen LogP contribution in [0.4, 0.5) is 0 Å². The molecule has 0 bridgehead atoms. The smallest absolute Gasteiger partial charge is 0.0641 e. The van der Waals surface area contributed by atoms with E-state index in [0.717, 1.165) is 17.1 Å². The first-order valence-corrected chi connectivity index (χ1v) is 17.5. The lowest BCUT2D eigenvalue weighted by Gasteiger charge is -2.15. The van der Waals surface area contributed by atoms with E-state index in [1.807, 2.05) is 0 Å². The highest BCUT2D eigenvalue weighted by Crippen LogP contribution is 2.46. The van der Waals surface area contributed by atoms with E-state index in [9.17, 15) is 0 Å². The summed E-state index contributed by atoms with van der Waals surface area (Å²) in [5.74, 6) is 0. The number of hydrogen-bond acceptors (Lipinski definition) is 0. The van der Waals surface area contributed by atoms with Crippen molar-refractivity contribution >= 4 is 65.4 Å². The third kappa shape index (κ3) is 4.00. The van der Waals surface area contributed by atoms with Crippen LogP contribution in [0.3, 0.4) is 0 Å². The molecule has 0 N–H and O–H groups in total. The third-order valence-electron chi connectivity index (χ3n) is 10.6. The van der Waals surface area contributed by atoms with Gasteiger partial charge in [-0.05, 0) is 72.3 Å². The van der Waals surface area contributed by atoms with Crippen LogP contribution in [-0.2, 0) is 0 Å². The van der Waals surface area contributed by atoms with Gasteiger partial charge < -0.3 is 13.7 Å². The molecule has 0 aliphatic rings. The summed E-state index contributed by atoms with van der Waals surface area (Å²) in [6.45, 7) is 0. The zero-order chi connectivity index (χ0) is 33.5. The first-order valence-electron chi connectivity index (χ1n) is 17.5. The van der Waals surface area contributed by atoms with Gasteiger partial charge in [-0.3, -0.25) is 0 Å². The Morgan fingerprint density at radius 3 is 1.22 bits per heavy atom. The van der Waals surface area contributed by atoms with Crippen molar-refractivity contribution in [1.29, 1.82) is 0 Å². The molecule has 0 spiro atoms. The van der Waals surface area contributed by atoms with Crippen LogP contribution in [0.25, 0.3) is 93.6 Å². The molecular weight excluding hydrogens is 619 g/mol. The second-order valence-corrected chi connectivity index (χ2v) is 13.3. The van der Waals surface area contributed by atoms with E-state index in [4.69, 9.17) is 0 Å². The Hall–Kier alpha value is -6.84. The van der Waals surface area contributed by atoms with Gasteiger partial charge in [-0.25, -0.2) is 0 Å². The lowest BCUT2D eigenvalue weighted by molar-refractivity contribution is 1.17. The van der Waals surface area contributed by atoms with Gasteiger partial charge in [-0.15, -0.1) is 0 Å². The highest BCUT2D eigenvalue weighted by Gasteiger charge is 2.24. The van der Waals surface area contributed by atoms with Gasteiger partial charge in [0.2, 0.25) is 0 Å². The van der Waals surface area contributed by atoms with Crippen molar-refractivity contribution in [2.45, 2.75) is 0 Å². The zero-order valence-electron chi connectivity index (χ0n) is 27.7. The SMILES string of the molecule is c1ccc(-n2c3ccccc3c3c2c(-c2ccc(-n4c5ccccc5c5ccccc54)cc2)cc2c4ccccc4n(-c4ccccc4)c23)cc1. The van der Waals surface area contributed by atoms with Crippen molar-refractivity contribution in [1.82, 2.24) is 13.7 Å². The van der Waals surface area contributed by atoms with Crippen molar-refractivity contribution < 1.29 is 0 Å². The molecule has 8 aromatic carbocycles. The van der Waals surface area contributed by atoms with Crippen LogP contribution in [0.1, 0.15) is 0 Å². The zero-order valence-corrected chi connectivity index (χ0v) is 27.7. The quantitative estimate of drug-likeness (QED) is 0.180. The number of benzene rings is 8. The molecule has 11 aromatic rings. The van der Waals surface area contributed by atoms with Gasteiger partial charge in [-0.1, -0.05) is 121 Å². The van der Waals surface area contributed by atoms with E-state index >= 15 is 0 Å². The minimum Gasteiger partial charge on any atom is -0.309 e. The van der Waals surface area contributed by atoms with E-state index in [1.54, 1.807) is 0 Å². The van der Waals surface area contributed by atoms with E-state index < -0.39 is 0 Å². The molecule has 3 aromatic heterocycles. The molecule has 3 nitrogen and oxygen atoms in total. The summed E-state index contributed by atoms with van der Waals surface area (Å²) < 4.78 is 7.32. The third-order valence-corrected chi connectivity index (χ3v) is 10.6. The topological polar surface area (TPSA) is 14.8 Å². The van der Waals surface area contributed by atoms with Crippen LogP contribution in [0, 0.1) is 0 Å². The Morgan fingerprint density at radius 2 is 0.667 bits per heavy atom. The van der Waals surface area contributed by atoms with Gasteiger partial charge in [0.05, 0.1) is 33.1 Å². The molecule has 11 rings (SSSR count). The highest BCUT2D eigenvalue weighted by molar-refractivity contribution is 6.29. The lowest BCUT2D eigenvalue weighted by atomic mass is 9.97. The first kappa shape index (κ1) is 28.0. The van der Waals surface area contributed by atoms with Crippen LogP contribution in [0.5, 0.6) is 0 Å². The van der Waals surface area contributed by atoms with E-state index in [1.165, 1.54) is 76.5 Å². The summed E-state index contributed by atoms with van der Waals surface area (Å²) in [5.41, 5.74) is 13.1. The molecule has 0 aliphatic heterocycles. The molecule has 0 radical (unpaired) electrons. The molecule has 238 valence electrons. The van der Waals surface area contributed by atoms with Crippen molar-refractivity contribution in [2.75, 3.05) is 0 Å². The fourth-order valence-corrected chi connectivity index (χ4v) is 8.51. The highest BCUT2D eigenvalue weighted by atomic mass is 15.0. The minimum absolute atomic E-state index is 1.15. The summed E-state index contributed by atoms with van der Waals surface area (Å²) in [5, 5.41) is 7.54. The molecule has 0 unspecified atom stereocenters. The van der Waals surface area contributed by atoms with E-state index in [2.05, 4.69) is 202 Å². The van der Waals surface area contributed by atoms with E-state index in [-0.39, 0.29) is 0 Å². The second-order valence-electron chi connectivity index (χ2n) is 13.3. The largest absolute Gasteiger partial charge is 0.309 e. The van der Waals surface area contributed by atoms with Crippen molar-refractivity contribution in [2.24, 2.45) is 0 Å². The second kappa shape index (κ2) is 10.8.